The Kier molecular flexibility index (Phi) is 4.27. The molecule has 5 rings (SSSR count). The zero-order chi connectivity index (χ0) is 18.4. The lowest BCUT2D eigenvalue weighted by Gasteiger charge is -2.21. The van der Waals surface area contributed by atoms with E-state index in [2.05, 4.69) is 20.8 Å². The lowest BCUT2D eigenvalue weighted by atomic mass is 9.85. The van der Waals surface area contributed by atoms with Crippen molar-refractivity contribution in [2.45, 2.75) is 50.9 Å². The second-order valence-electron chi connectivity index (χ2n) is 8.01. The summed E-state index contributed by atoms with van der Waals surface area (Å²) < 4.78 is 0. The minimum absolute atomic E-state index is 0.0341. The number of nitrogens with one attached hydrogen (secondary N) is 3. The number of aromatic nitrogens is 2. The third kappa shape index (κ3) is 3.40. The van der Waals surface area contributed by atoms with Crippen LogP contribution in [0.4, 0.5) is 5.00 Å². The molecule has 2 aromatic rings. The minimum Gasteiger partial charge on any atom is -0.352 e. The molecule has 2 heterocycles. The van der Waals surface area contributed by atoms with Crippen LogP contribution < -0.4 is 10.6 Å². The number of carbonyl (C=O) groups excluding carboxylic acids is 2. The summed E-state index contributed by atoms with van der Waals surface area (Å²) in [4.78, 5) is 26.6. The summed E-state index contributed by atoms with van der Waals surface area (Å²) in [5, 5.41) is 14.2. The van der Waals surface area contributed by atoms with E-state index in [1.54, 1.807) is 11.3 Å². The highest BCUT2D eigenvalue weighted by Crippen LogP contribution is 2.46. The molecule has 0 aromatic carbocycles. The normalized spacial score (nSPS) is 21.6. The summed E-state index contributed by atoms with van der Waals surface area (Å²) in [6, 6.07) is 2.01. The fourth-order valence-corrected chi connectivity index (χ4v) is 5.31. The number of anilines is 1. The van der Waals surface area contributed by atoms with E-state index in [9.17, 15) is 9.59 Å². The third-order valence-corrected chi connectivity index (χ3v) is 7.07. The van der Waals surface area contributed by atoms with Crippen LogP contribution >= 0.6 is 11.3 Å². The summed E-state index contributed by atoms with van der Waals surface area (Å²) in [6.45, 7) is 0.738. The van der Waals surface area contributed by atoms with Crippen molar-refractivity contribution < 1.29 is 9.59 Å². The van der Waals surface area contributed by atoms with Gasteiger partial charge < -0.3 is 10.6 Å². The topological polar surface area (TPSA) is 86.9 Å². The van der Waals surface area contributed by atoms with Crippen LogP contribution in [0.2, 0.25) is 0 Å². The van der Waals surface area contributed by atoms with Gasteiger partial charge in [0, 0.05) is 29.5 Å². The average molecular weight is 385 g/mol. The first kappa shape index (κ1) is 17.0. The highest BCUT2D eigenvalue weighted by atomic mass is 32.1. The van der Waals surface area contributed by atoms with Gasteiger partial charge >= 0.3 is 0 Å². The van der Waals surface area contributed by atoms with Gasteiger partial charge in [-0.3, -0.25) is 14.7 Å². The van der Waals surface area contributed by atoms with Crippen LogP contribution in [0.1, 0.15) is 70.9 Å². The molecule has 1 unspecified atom stereocenters. The molecule has 2 amide bonds. The zero-order valence-electron chi connectivity index (χ0n) is 15.2. The van der Waals surface area contributed by atoms with Crippen molar-refractivity contribution in [2.75, 3.05) is 11.9 Å². The Bertz CT molecular complexity index is 865. The first-order valence-corrected chi connectivity index (χ1v) is 10.8. The molecular formula is C20H24N4O2S. The Hall–Kier alpha value is -2.15. The van der Waals surface area contributed by atoms with E-state index in [1.165, 1.54) is 17.7 Å². The molecule has 3 N–H and O–H groups in total. The Morgan fingerprint density at radius 2 is 2.07 bits per heavy atom. The van der Waals surface area contributed by atoms with E-state index in [0.717, 1.165) is 54.9 Å². The number of rotatable bonds is 6. The number of hydrogen-bond donors (Lipinski definition) is 3. The molecule has 2 aromatic heterocycles. The highest BCUT2D eigenvalue weighted by Gasteiger charge is 2.35. The van der Waals surface area contributed by atoms with E-state index in [0.29, 0.717) is 11.5 Å². The lowest BCUT2D eigenvalue weighted by molar-refractivity contribution is -0.117. The standard InChI is InChI=1S/C20H24N4O2S/c25-18(12-6-7-12)23-20-16(19(26)21-10-11-4-5-11)14-3-1-2-13(17(14)27-20)15-8-9-22-24-15/h8-9,11-13H,1-7,10H2,(H,21,26)(H,22,24)(H,23,25). The van der Waals surface area contributed by atoms with E-state index >= 15 is 0 Å². The number of nitrogens with zero attached hydrogens (tertiary/aromatic N) is 1. The molecule has 0 saturated heterocycles. The van der Waals surface area contributed by atoms with Gasteiger partial charge in [0.15, 0.2) is 0 Å². The molecule has 0 bridgehead atoms. The van der Waals surface area contributed by atoms with Crippen molar-refractivity contribution in [1.82, 2.24) is 15.5 Å². The van der Waals surface area contributed by atoms with Crippen LogP contribution in [-0.4, -0.2) is 28.6 Å². The molecule has 2 fully saturated rings. The smallest absolute Gasteiger partial charge is 0.254 e. The van der Waals surface area contributed by atoms with Crippen molar-refractivity contribution in [3.8, 4) is 0 Å². The van der Waals surface area contributed by atoms with E-state index < -0.39 is 0 Å². The highest BCUT2D eigenvalue weighted by molar-refractivity contribution is 7.17. The van der Waals surface area contributed by atoms with Crippen molar-refractivity contribution in [3.63, 3.8) is 0 Å². The molecule has 6 nitrogen and oxygen atoms in total. The van der Waals surface area contributed by atoms with Gasteiger partial charge in [-0.15, -0.1) is 11.3 Å². The number of H-pyrrole nitrogens is 1. The number of carbonyl (C=O) groups is 2. The molecule has 27 heavy (non-hydrogen) atoms. The van der Waals surface area contributed by atoms with Crippen LogP contribution in [0.3, 0.4) is 0 Å². The van der Waals surface area contributed by atoms with Crippen LogP contribution in [0.25, 0.3) is 0 Å². The summed E-state index contributed by atoms with van der Waals surface area (Å²) >= 11 is 1.57. The molecule has 7 heteroatoms. The van der Waals surface area contributed by atoms with Crippen LogP contribution in [0, 0.1) is 11.8 Å². The maximum absolute atomic E-state index is 13.0. The predicted molar refractivity (Wildman–Crippen MR) is 104 cm³/mol. The molecule has 3 aliphatic rings. The molecule has 2 saturated carbocycles. The quantitative estimate of drug-likeness (QED) is 0.713. The van der Waals surface area contributed by atoms with Crippen molar-refractivity contribution in [2.24, 2.45) is 11.8 Å². The summed E-state index contributed by atoms with van der Waals surface area (Å²) in [5.41, 5.74) is 2.82. The van der Waals surface area contributed by atoms with Crippen molar-refractivity contribution in [1.29, 1.82) is 0 Å². The van der Waals surface area contributed by atoms with Gasteiger partial charge in [-0.2, -0.15) is 5.10 Å². The fraction of sp³-hybridized carbons (Fsp3) is 0.550. The number of hydrogen-bond acceptors (Lipinski definition) is 4. The maximum Gasteiger partial charge on any atom is 0.254 e. The Morgan fingerprint density at radius 3 is 2.78 bits per heavy atom. The monoisotopic (exact) mass is 384 g/mol. The predicted octanol–water partition coefficient (Wildman–Crippen LogP) is 3.43. The second kappa shape index (κ2) is 6.78. The molecule has 3 aliphatic carbocycles. The fourth-order valence-electron chi connectivity index (χ4n) is 3.91. The Balaban J connectivity index is 1.49. The van der Waals surface area contributed by atoms with E-state index in [4.69, 9.17) is 0 Å². The second-order valence-corrected chi connectivity index (χ2v) is 9.06. The summed E-state index contributed by atoms with van der Waals surface area (Å²) in [6.07, 6.45) is 9.10. The average Bonchev–Trinajstić information content (AvgIpc) is 3.59. The number of aromatic amines is 1. The van der Waals surface area contributed by atoms with Gasteiger partial charge in [-0.1, -0.05) is 0 Å². The maximum atomic E-state index is 13.0. The van der Waals surface area contributed by atoms with Crippen LogP contribution in [0.5, 0.6) is 0 Å². The van der Waals surface area contributed by atoms with Crippen LogP contribution in [0.15, 0.2) is 12.3 Å². The van der Waals surface area contributed by atoms with E-state index in [-0.39, 0.29) is 23.7 Å². The first-order chi connectivity index (χ1) is 13.2. The molecule has 1 atom stereocenters. The van der Waals surface area contributed by atoms with Gasteiger partial charge in [0.1, 0.15) is 5.00 Å². The summed E-state index contributed by atoms with van der Waals surface area (Å²) in [7, 11) is 0. The van der Waals surface area contributed by atoms with Crippen molar-refractivity contribution in [3.05, 3.63) is 34.0 Å². The third-order valence-electron chi connectivity index (χ3n) is 5.81. The van der Waals surface area contributed by atoms with Crippen LogP contribution in [-0.2, 0) is 11.2 Å². The molecule has 0 aliphatic heterocycles. The van der Waals surface area contributed by atoms with E-state index in [1.807, 2.05) is 12.3 Å². The molecule has 0 spiro atoms. The first-order valence-electron chi connectivity index (χ1n) is 9.95. The number of fused-ring (bicyclic) bond motifs is 1. The van der Waals surface area contributed by atoms with Gasteiger partial charge in [-0.25, -0.2) is 0 Å². The van der Waals surface area contributed by atoms with Gasteiger partial charge in [0.25, 0.3) is 5.91 Å². The molecule has 142 valence electrons. The Morgan fingerprint density at radius 1 is 1.22 bits per heavy atom. The van der Waals surface area contributed by atoms with Crippen molar-refractivity contribution >= 4 is 28.2 Å². The minimum atomic E-state index is -0.0341. The lowest BCUT2D eigenvalue weighted by Crippen LogP contribution is -2.28. The zero-order valence-corrected chi connectivity index (χ0v) is 16.0. The summed E-state index contributed by atoms with van der Waals surface area (Å²) in [5.74, 6) is 0.972. The molecular weight excluding hydrogens is 360 g/mol. The number of thiophene rings is 1. The van der Waals surface area contributed by atoms with Gasteiger partial charge in [0.2, 0.25) is 5.91 Å². The largest absolute Gasteiger partial charge is 0.352 e. The SMILES string of the molecule is O=C(NCC1CC1)c1c(NC(=O)C2CC2)sc2c1CCCC2c1cc[nH]n1. The van der Waals surface area contributed by atoms with Gasteiger partial charge in [0.05, 0.1) is 11.3 Å². The Labute approximate surface area is 162 Å². The van der Waals surface area contributed by atoms with Gasteiger partial charge in [-0.05, 0) is 62.5 Å². The molecule has 0 radical (unpaired) electrons. The number of amides is 2.